The lowest BCUT2D eigenvalue weighted by Gasteiger charge is -2.72. The minimum Gasteiger partial charge on any atom is -0.390 e. The van der Waals surface area contributed by atoms with Crippen molar-refractivity contribution in [1.29, 1.82) is 0 Å². The minimum atomic E-state index is -5.49. The molecule has 0 bridgehead atoms. The number of hydrogen-bond donors (Lipinski definition) is 1. The lowest BCUT2D eigenvalue weighted by atomic mass is 9.32. The van der Waals surface area contributed by atoms with E-state index < -0.39 is 52.1 Å². The van der Waals surface area contributed by atoms with Crippen molar-refractivity contribution in [3.05, 3.63) is 0 Å². The van der Waals surface area contributed by atoms with Gasteiger partial charge in [0.25, 0.3) is 0 Å². The number of ether oxygens (including phenoxy) is 3. The molecule has 6 fully saturated rings. The number of morpholine rings is 1. The highest BCUT2D eigenvalue weighted by Gasteiger charge is 2.77. The van der Waals surface area contributed by atoms with Crippen LogP contribution in [0.1, 0.15) is 107 Å². The Hall–Kier alpha value is -0.990. The third-order valence-corrected chi connectivity index (χ3v) is 17.8. The summed E-state index contributed by atoms with van der Waals surface area (Å²) in [5.41, 5.74) is -6.43. The molecule has 9 nitrogen and oxygen atoms in total. The Labute approximate surface area is 303 Å². The van der Waals surface area contributed by atoms with Gasteiger partial charge in [0.2, 0.25) is 5.91 Å². The molecule has 0 aromatic heterocycles. The molecule has 0 aromatic carbocycles. The summed E-state index contributed by atoms with van der Waals surface area (Å²) in [7, 11) is -4.54. The van der Waals surface area contributed by atoms with E-state index in [0.717, 1.165) is 45.6 Å². The Morgan fingerprint density at radius 2 is 1.61 bits per heavy atom. The van der Waals surface area contributed by atoms with Gasteiger partial charge in [-0.05, 0) is 90.3 Å². The molecule has 0 aromatic rings. The Bertz CT molecular complexity index is 1460. The van der Waals surface area contributed by atoms with Gasteiger partial charge in [-0.15, -0.1) is 0 Å². The number of aliphatic hydroxyl groups excluding tert-OH is 1. The molecule has 2 saturated heterocycles. The van der Waals surface area contributed by atoms with Crippen LogP contribution in [0.2, 0.25) is 0 Å². The molecule has 294 valence electrons. The first-order chi connectivity index (χ1) is 23.4. The average molecular weight is 749 g/mol. The van der Waals surface area contributed by atoms with Gasteiger partial charge in [0, 0.05) is 31.5 Å². The molecule has 1 N–H and O–H groups in total. The molecule has 1 unspecified atom stereocenters. The van der Waals surface area contributed by atoms with E-state index in [1.54, 1.807) is 0 Å². The number of sulfonamides is 1. The molecular weight excluding hydrogens is 685 g/mol. The number of aliphatic hydroxyl groups is 1. The predicted octanol–water partition coefficient (Wildman–Crippen LogP) is 6.44. The molecule has 0 radical (unpaired) electrons. The minimum absolute atomic E-state index is 0.00609. The summed E-state index contributed by atoms with van der Waals surface area (Å²) in [5, 5.41) is 12.5. The van der Waals surface area contributed by atoms with E-state index in [1.807, 2.05) is 18.7 Å². The Morgan fingerprint density at radius 3 is 2.24 bits per heavy atom. The lowest BCUT2D eigenvalue weighted by molar-refractivity contribution is -0.283. The van der Waals surface area contributed by atoms with Gasteiger partial charge in [-0.1, -0.05) is 62.3 Å². The van der Waals surface area contributed by atoms with Gasteiger partial charge < -0.3 is 24.2 Å². The Balaban J connectivity index is 1.23. The number of likely N-dealkylation sites (N-methyl/N-ethyl adjacent to an activating group) is 1. The van der Waals surface area contributed by atoms with Crippen molar-refractivity contribution < 1.29 is 45.7 Å². The number of hydrogen-bond acceptors (Lipinski definition) is 7. The first kappa shape index (κ1) is 39.7. The third-order valence-electron chi connectivity index (χ3n) is 16.3. The third kappa shape index (κ3) is 5.69. The van der Waals surface area contributed by atoms with Crippen LogP contribution in [0.4, 0.5) is 13.2 Å². The van der Waals surface area contributed by atoms with Crippen molar-refractivity contribution >= 4 is 15.9 Å². The summed E-state index contributed by atoms with van der Waals surface area (Å²) >= 11 is 0. The Morgan fingerprint density at radius 1 is 1.00 bits per heavy atom. The number of carbonyl (C=O) groups is 1. The molecule has 1 amide bonds. The van der Waals surface area contributed by atoms with Crippen molar-refractivity contribution in [2.45, 2.75) is 143 Å². The summed E-state index contributed by atoms with van der Waals surface area (Å²) < 4.78 is 84.0. The fourth-order valence-corrected chi connectivity index (χ4v) is 14.1. The van der Waals surface area contributed by atoms with Crippen molar-refractivity contribution in [3.8, 4) is 0 Å². The first-order valence-electron chi connectivity index (χ1n) is 19.3. The van der Waals surface area contributed by atoms with Crippen LogP contribution >= 0.6 is 0 Å². The molecule has 51 heavy (non-hydrogen) atoms. The van der Waals surface area contributed by atoms with E-state index in [0.29, 0.717) is 36.3 Å². The number of alkyl halides is 3. The fourth-order valence-electron chi connectivity index (χ4n) is 13.3. The van der Waals surface area contributed by atoms with Crippen molar-refractivity contribution in [2.75, 3.05) is 33.3 Å². The summed E-state index contributed by atoms with van der Waals surface area (Å²) in [4.78, 5) is 14.6. The SMILES string of the molecule is CC(C)C(=O)N1CCO[C@@H](O[C@H]2CC[C@@]3(C)[C@@H](CC[C@H]4[C@]5(C)[C@@H](O)[C@H]6O[C@@H](CN(C)S(=O)(=O)C(F)(F)F)C[C@@H](C)C6[C@@]5(C)CC[C@]43C)C2(C)C)C1. The molecular formula is C38H63F3N2O7S. The van der Waals surface area contributed by atoms with Crippen LogP contribution < -0.4 is 0 Å². The molecule has 13 atom stereocenters. The predicted molar refractivity (Wildman–Crippen MR) is 186 cm³/mol. The van der Waals surface area contributed by atoms with Crippen LogP contribution in [0.3, 0.4) is 0 Å². The van der Waals surface area contributed by atoms with Crippen LogP contribution in [0.5, 0.6) is 0 Å². The molecule has 6 aliphatic rings. The van der Waals surface area contributed by atoms with Gasteiger partial charge in [-0.2, -0.15) is 17.5 Å². The second kappa shape index (κ2) is 12.8. The summed E-state index contributed by atoms with van der Waals surface area (Å²) in [5.74, 6) is 0.644. The number of fused-ring (bicyclic) bond motifs is 7. The second-order valence-corrected chi connectivity index (χ2v) is 21.1. The average Bonchev–Trinajstić information content (AvgIpc) is 3.21. The quantitative estimate of drug-likeness (QED) is 0.333. The highest BCUT2D eigenvalue weighted by atomic mass is 32.2. The molecule has 13 heteroatoms. The molecule has 6 rings (SSSR count). The van der Waals surface area contributed by atoms with Crippen LogP contribution in [0.15, 0.2) is 0 Å². The van der Waals surface area contributed by atoms with E-state index in [4.69, 9.17) is 14.2 Å². The van der Waals surface area contributed by atoms with Crippen LogP contribution in [0.25, 0.3) is 0 Å². The van der Waals surface area contributed by atoms with E-state index in [2.05, 4.69) is 48.5 Å². The highest BCUT2D eigenvalue weighted by molar-refractivity contribution is 7.89. The number of rotatable bonds is 6. The molecule has 0 spiro atoms. The lowest BCUT2D eigenvalue weighted by Crippen LogP contribution is -2.68. The zero-order valence-electron chi connectivity index (χ0n) is 32.4. The van der Waals surface area contributed by atoms with Crippen LogP contribution in [-0.2, 0) is 29.0 Å². The van der Waals surface area contributed by atoms with Crippen molar-refractivity contribution in [2.24, 2.45) is 56.7 Å². The maximum Gasteiger partial charge on any atom is 0.511 e. The van der Waals surface area contributed by atoms with Crippen LogP contribution in [0, 0.1) is 56.7 Å². The smallest absolute Gasteiger partial charge is 0.390 e. The molecule has 4 saturated carbocycles. The highest BCUT2D eigenvalue weighted by Crippen LogP contribution is 2.79. The molecule has 2 aliphatic heterocycles. The van der Waals surface area contributed by atoms with Gasteiger partial charge in [0.05, 0.1) is 37.6 Å². The standard InChI is InChI=1S/C38H63F3N2O7S/c1-22(2)32(45)43-17-18-48-28(21-43)50-27-13-14-34(6)25(33(27,4)5)11-12-26-35(34,7)15-16-36(8)29-23(3)19-24(49-30(29)31(44)37(26,36)9)20-42(10)51(46,47)38(39,40)41/h22-31,44H,11-21H2,1-10H3/t23-,24-,25+,26-,27+,28+,29?,30+,31+,34+,35-,36-,37-/m1/s1. The largest absolute Gasteiger partial charge is 0.511 e. The topological polar surface area (TPSA) is 106 Å². The van der Waals surface area contributed by atoms with Gasteiger partial charge in [0.15, 0.2) is 6.29 Å². The van der Waals surface area contributed by atoms with Gasteiger partial charge >= 0.3 is 15.5 Å². The van der Waals surface area contributed by atoms with E-state index in [9.17, 15) is 31.5 Å². The Kier molecular flexibility index (Phi) is 9.95. The maximum atomic E-state index is 13.3. The van der Waals surface area contributed by atoms with Crippen LogP contribution in [-0.4, -0.2) is 98.1 Å². The maximum absolute atomic E-state index is 13.3. The van der Waals surface area contributed by atoms with Crippen molar-refractivity contribution in [1.82, 2.24) is 9.21 Å². The number of amides is 1. The number of nitrogens with zero attached hydrogens (tertiary/aromatic N) is 2. The number of carbonyl (C=O) groups excluding carboxylic acids is 1. The molecule has 4 aliphatic carbocycles. The zero-order chi connectivity index (χ0) is 37.9. The van der Waals surface area contributed by atoms with Crippen molar-refractivity contribution in [3.63, 3.8) is 0 Å². The second-order valence-electron chi connectivity index (χ2n) is 19.1. The zero-order valence-corrected chi connectivity index (χ0v) is 33.2. The monoisotopic (exact) mass is 748 g/mol. The van der Waals surface area contributed by atoms with E-state index in [1.165, 1.54) is 0 Å². The molecule has 2 heterocycles. The van der Waals surface area contributed by atoms with E-state index >= 15 is 0 Å². The normalized spacial score (nSPS) is 47.1. The van der Waals surface area contributed by atoms with E-state index in [-0.39, 0.29) is 57.3 Å². The van der Waals surface area contributed by atoms with Gasteiger partial charge in [-0.25, -0.2) is 8.42 Å². The van der Waals surface area contributed by atoms with Gasteiger partial charge in [-0.3, -0.25) is 4.79 Å². The first-order valence-corrected chi connectivity index (χ1v) is 20.7. The fraction of sp³-hybridized carbons (Fsp3) is 0.974. The number of halogens is 3. The summed E-state index contributed by atoms with van der Waals surface area (Å²) in [6.07, 6.45) is 3.49. The van der Waals surface area contributed by atoms with Gasteiger partial charge in [0.1, 0.15) is 0 Å². The summed E-state index contributed by atoms with van der Waals surface area (Å²) in [6, 6.07) is 0. The summed E-state index contributed by atoms with van der Waals surface area (Å²) in [6.45, 7) is 21.2.